The van der Waals surface area contributed by atoms with Crippen molar-refractivity contribution in [3.8, 4) is 5.75 Å². The second-order valence-electron chi connectivity index (χ2n) is 4.51. The van der Waals surface area contributed by atoms with E-state index in [0.717, 1.165) is 11.3 Å². The first kappa shape index (κ1) is 15.6. The summed E-state index contributed by atoms with van der Waals surface area (Å²) in [6, 6.07) is 9.04. The molecule has 3 N–H and O–H groups in total. The minimum atomic E-state index is -0.801. The summed E-state index contributed by atoms with van der Waals surface area (Å²) in [5.74, 6) is 0.578. The van der Waals surface area contributed by atoms with Crippen LogP contribution in [0.25, 0.3) is 0 Å². The Morgan fingerprint density at radius 1 is 1.33 bits per heavy atom. The third-order valence-electron chi connectivity index (χ3n) is 2.80. The first-order valence-corrected chi connectivity index (χ1v) is 6.91. The molecule has 5 nitrogen and oxygen atoms in total. The molecular weight excluding hydrogens is 292 g/mol. The van der Waals surface area contributed by atoms with Crippen molar-refractivity contribution in [1.82, 2.24) is 4.98 Å². The number of halogens is 1. The van der Waals surface area contributed by atoms with Gasteiger partial charge in [0.1, 0.15) is 12.4 Å². The lowest BCUT2D eigenvalue weighted by molar-refractivity contribution is 0.105. The Kier molecular flexibility index (Phi) is 5.80. The molecule has 1 unspecified atom stereocenters. The molecule has 0 aliphatic carbocycles. The summed E-state index contributed by atoms with van der Waals surface area (Å²) in [4.78, 5) is 4.02. The average Bonchev–Trinajstić information content (AvgIpc) is 2.52. The van der Waals surface area contributed by atoms with E-state index in [2.05, 4.69) is 10.3 Å². The van der Waals surface area contributed by atoms with Crippen LogP contribution in [0.15, 0.2) is 42.7 Å². The van der Waals surface area contributed by atoms with E-state index in [4.69, 9.17) is 21.4 Å². The number of anilines is 1. The predicted molar refractivity (Wildman–Crippen MR) is 81.6 cm³/mol. The molecule has 0 bridgehead atoms. The molecular formula is C15H17ClN2O3. The van der Waals surface area contributed by atoms with Crippen LogP contribution in [0.3, 0.4) is 0 Å². The highest BCUT2D eigenvalue weighted by Crippen LogP contribution is 2.28. The lowest BCUT2D eigenvalue weighted by Crippen LogP contribution is -2.22. The minimum absolute atomic E-state index is 0.253. The molecule has 0 amide bonds. The third-order valence-corrected chi connectivity index (χ3v) is 3.10. The van der Waals surface area contributed by atoms with Crippen LogP contribution < -0.4 is 10.1 Å². The fourth-order valence-electron chi connectivity index (χ4n) is 1.67. The summed E-state index contributed by atoms with van der Waals surface area (Å²) < 4.78 is 5.64. The molecule has 6 heteroatoms. The van der Waals surface area contributed by atoms with Gasteiger partial charge in [0.15, 0.2) is 0 Å². The number of ether oxygens (including phenoxy) is 1. The highest BCUT2D eigenvalue weighted by Gasteiger charge is 2.06. The van der Waals surface area contributed by atoms with Crippen LogP contribution in [0.4, 0.5) is 5.69 Å². The van der Waals surface area contributed by atoms with Crippen LogP contribution in [0.5, 0.6) is 5.75 Å². The zero-order valence-corrected chi connectivity index (χ0v) is 12.1. The topological polar surface area (TPSA) is 74.6 Å². The number of hydrogen-bond acceptors (Lipinski definition) is 5. The summed E-state index contributed by atoms with van der Waals surface area (Å²) in [6.07, 6.45) is 2.64. The second-order valence-corrected chi connectivity index (χ2v) is 4.92. The molecule has 1 atom stereocenters. The van der Waals surface area contributed by atoms with Crippen molar-refractivity contribution in [3.63, 3.8) is 0 Å². The first-order valence-electron chi connectivity index (χ1n) is 6.53. The lowest BCUT2D eigenvalue weighted by Gasteiger charge is -2.12. The number of aliphatic hydroxyl groups is 2. The minimum Gasteiger partial charge on any atom is -0.487 e. The smallest absolute Gasteiger partial charge is 0.138 e. The Morgan fingerprint density at radius 2 is 2.19 bits per heavy atom. The monoisotopic (exact) mass is 308 g/mol. The second kappa shape index (κ2) is 7.83. The van der Waals surface area contributed by atoms with Gasteiger partial charge >= 0.3 is 0 Å². The van der Waals surface area contributed by atoms with Gasteiger partial charge in [-0.05, 0) is 24.3 Å². The van der Waals surface area contributed by atoms with E-state index in [0.29, 0.717) is 17.4 Å². The summed E-state index contributed by atoms with van der Waals surface area (Å²) >= 11 is 6.15. The maximum Gasteiger partial charge on any atom is 0.138 e. The first-order chi connectivity index (χ1) is 10.2. The summed E-state index contributed by atoms with van der Waals surface area (Å²) in [6.45, 7) is 0.360. The Labute approximate surface area is 128 Å². The number of nitrogens with zero attached hydrogens (tertiary/aromatic N) is 1. The van der Waals surface area contributed by atoms with Crippen LogP contribution in [-0.2, 0) is 6.61 Å². The number of aliphatic hydroxyl groups excluding tert-OH is 2. The molecule has 0 aliphatic rings. The van der Waals surface area contributed by atoms with Crippen LogP contribution in [0.1, 0.15) is 5.56 Å². The maximum absolute atomic E-state index is 9.28. The van der Waals surface area contributed by atoms with E-state index in [1.54, 1.807) is 30.6 Å². The molecule has 0 radical (unpaired) electrons. The van der Waals surface area contributed by atoms with Gasteiger partial charge in [0.25, 0.3) is 0 Å². The zero-order valence-electron chi connectivity index (χ0n) is 11.4. The van der Waals surface area contributed by atoms with E-state index < -0.39 is 6.10 Å². The average molecular weight is 309 g/mol. The van der Waals surface area contributed by atoms with Crippen molar-refractivity contribution in [1.29, 1.82) is 0 Å². The van der Waals surface area contributed by atoms with Gasteiger partial charge in [-0.2, -0.15) is 0 Å². The fraction of sp³-hybridized carbons (Fsp3) is 0.267. The number of hydrogen-bond donors (Lipinski definition) is 3. The highest BCUT2D eigenvalue weighted by atomic mass is 35.5. The lowest BCUT2D eigenvalue weighted by atomic mass is 10.2. The Morgan fingerprint density at radius 3 is 2.86 bits per heavy atom. The number of aromatic nitrogens is 1. The van der Waals surface area contributed by atoms with Gasteiger partial charge in [-0.25, -0.2) is 0 Å². The van der Waals surface area contributed by atoms with E-state index >= 15 is 0 Å². The van der Waals surface area contributed by atoms with Crippen LogP contribution in [-0.4, -0.2) is 34.5 Å². The van der Waals surface area contributed by atoms with Gasteiger partial charge < -0.3 is 20.3 Å². The van der Waals surface area contributed by atoms with Crippen molar-refractivity contribution in [2.45, 2.75) is 12.7 Å². The van der Waals surface area contributed by atoms with Crippen molar-refractivity contribution in [2.75, 3.05) is 18.5 Å². The van der Waals surface area contributed by atoms with Crippen molar-refractivity contribution in [3.05, 3.63) is 53.3 Å². The molecule has 1 aromatic heterocycles. The van der Waals surface area contributed by atoms with E-state index in [1.165, 1.54) is 0 Å². The molecule has 0 spiro atoms. The molecule has 1 heterocycles. The van der Waals surface area contributed by atoms with Gasteiger partial charge in [0.05, 0.1) is 17.7 Å². The molecule has 2 aromatic rings. The molecule has 2 rings (SSSR count). The largest absolute Gasteiger partial charge is 0.487 e. The predicted octanol–water partition coefficient (Wildman–Crippen LogP) is 2.08. The normalized spacial score (nSPS) is 12.0. The third kappa shape index (κ3) is 4.90. The standard InChI is InChI=1S/C15H17ClN2O3/c16-14-6-12(18-8-13(20)9-19)3-4-15(14)21-10-11-2-1-5-17-7-11/h1-7,13,18-20H,8-10H2. The van der Waals surface area contributed by atoms with Crippen LogP contribution >= 0.6 is 11.6 Å². The molecule has 1 aromatic carbocycles. The maximum atomic E-state index is 9.28. The van der Waals surface area contributed by atoms with E-state index in [1.807, 2.05) is 12.1 Å². The van der Waals surface area contributed by atoms with E-state index in [-0.39, 0.29) is 13.2 Å². The molecule has 0 aliphatic heterocycles. The zero-order chi connectivity index (χ0) is 15.1. The molecule has 21 heavy (non-hydrogen) atoms. The molecule has 0 saturated carbocycles. The summed E-state index contributed by atoms with van der Waals surface area (Å²) in [5.41, 5.74) is 1.71. The van der Waals surface area contributed by atoms with Gasteiger partial charge in [-0.1, -0.05) is 17.7 Å². The fourth-order valence-corrected chi connectivity index (χ4v) is 1.91. The number of benzene rings is 1. The summed E-state index contributed by atoms with van der Waals surface area (Å²) in [5, 5.41) is 21.5. The van der Waals surface area contributed by atoms with Crippen LogP contribution in [0.2, 0.25) is 5.02 Å². The van der Waals surface area contributed by atoms with Gasteiger partial charge in [-0.15, -0.1) is 0 Å². The Balaban J connectivity index is 1.93. The van der Waals surface area contributed by atoms with Crippen molar-refractivity contribution in [2.24, 2.45) is 0 Å². The van der Waals surface area contributed by atoms with Crippen LogP contribution in [0, 0.1) is 0 Å². The van der Waals surface area contributed by atoms with Gasteiger partial charge in [-0.3, -0.25) is 4.98 Å². The van der Waals surface area contributed by atoms with Crippen molar-refractivity contribution >= 4 is 17.3 Å². The SMILES string of the molecule is OCC(O)CNc1ccc(OCc2cccnc2)c(Cl)c1. The summed E-state index contributed by atoms with van der Waals surface area (Å²) in [7, 11) is 0. The van der Waals surface area contributed by atoms with Gasteiger partial charge in [0, 0.05) is 30.2 Å². The number of pyridine rings is 1. The number of rotatable bonds is 7. The molecule has 0 saturated heterocycles. The van der Waals surface area contributed by atoms with Gasteiger partial charge in [0.2, 0.25) is 0 Å². The quantitative estimate of drug-likeness (QED) is 0.730. The van der Waals surface area contributed by atoms with E-state index in [9.17, 15) is 5.11 Å². The molecule has 0 fully saturated rings. The number of nitrogens with one attached hydrogen (secondary N) is 1. The van der Waals surface area contributed by atoms with Crippen molar-refractivity contribution < 1.29 is 14.9 Å². The Hall–Kier alpha value is -1.82. The Bertz CT molecular complexity index is 566. The highest BCUT2D eigenvalue weighted by molar-refractivity contribution is 6.32. The molecule has 112 valence electrons.